The Morgan fingerprint density at radius 2 is 1.93 bits per heavy atom. The van der Waals surface area contributed by atoms with Crippen LogP contribution in [0.2, 0.25) is 5.02 Å². The molecule has 2 aromatic rings. The zero-order chi connectivity index (χ0) is 20.4. The van der Waals surface area contributed by atoms with E-state index in [0.29, 0.717) is 33.0 Å². The lowest BCUT2D eigenvalue weighted by Gasteiger charge is -2.12. The van der Waals surface area contributed by atoms with Crippen molar-refractivity contribution >= 4 is 51.8 Å². The zero-order valence-corrected chi connectivity index (χ0v) is 16.9. The minimum Gasteiger partial charge on any atom is -0.325 e. The number of rotatable bonds is 6. The molecule has 1 aliphatic carbocycles. The first kappa shape index (κ1) is 19.7. The Hall–Kier alpha value is -2.64. The van der Waals surface area contributed by atoms with Gasteiger partial charge in [-0.25, -0.2) is 0 Å². The van der Waals surface area contributed by atoms with Crippen molar-refractivity contribution in [3.63, 3.8) is 0 Å². The van der Waals surface area contributed by atoms with Gasteiger partial charge in [-0.15, -0.1) is 0 Å². The predicted molar refractivity (Wildman–Crippen MR) is 115 cm³/mol. The number of hydrogen-bond acceptors (Lipinski definition) is 5. The average molecular weight is 428 g/mol. The maximum Gasteiger partial charge on any atom is 0.240 e. The van der Waals surface area contributed by atoms with Gasteiger partial charge in [0.15, 0.2) is 11.0 Å². The zero-order valence-electron chi connectivity index (χ0n) is 15.4. The van der Waals surface area contributed by atoms with Crippen molar-refractivity contribution in [3.8, 4) is 0 Å². The molecule has 2 aliphatic rings. The molecule has 148 valence electrons. The third-order valence-electron chi connectivity index (χ3n) is 4.53. The second-order valence-corrected chi connectivity index (χ2v) is 8.53. The van der Waals surface area contributed by atoms with Crippen LogP contribution in [-0.4, -0.2) is 34.1 Å². The van der Waals surface area contributed by atoms with Gasteiger partial charge in [0.05, 0.1) is 11.7 Å². The number of nitrogens with zero attached hydrogens (tertiary/aromatic N) is 1. The minimum atomic E-state index is -0.534. The molecule has 2 amide bonds. The summed E-state index contributed by atoms with van der Waals surface area (Å²) in [7, 11) is 0. The summed E-state index contributed by atoms with van der Waals surface area (Å²) in [5, 5.41) is 5.93. The lowest BCUT2D eigenvalue weighted by atomic mass is 10.0. The molecule has 1 saturated heterocycles. The largest absolute Gasteiger partial charge is 0.325 e. The van der Waals surface area contributed by atoms with Crippen molar-refractivity contribution in [3.05, 3.63) is 64.7 Å². The van der Waals surface area contributed by atoms with Crippen LogP contribution < -0.4 is 10.6 Å². The minimum absolute atomic E-state index is 0.0121. The Balaban J connectivity index is 1.47. The molecule has 2 fully saturated rings. The summed E-state index contributed by atoms with van der Waals surface area (Å²) >= 11 is 7.35. The van der Waals surface area contributed by atoms with E-state index in [4.69, 9.17) is 11.6 Å². The van der Waals surface area contributed by atoms with Gasteiger partial charge < -0.3 is 10.6 Å². The van der Waals surface area contributed by atoms with Crippen LogP contribution in [0.25, 0.3) is 0 Å². The van der Waals surface area contributed by atoms with Crippen molar-refractivity contribution in [2.45, 2.75) is 30.6 Å². The Labute approximate surface area is 177 Å². The molecule has 0 aromatic heterocycles. The third kappa shape index (κ3) is 4.86. The molecule has 1 atom stereocenters. The SMILES string of the molecule is O=C(C[C@H]1SC(=NC2CC2)NC1=O)Nc1ccc(Cl)cc1C(=O)c1ccccc1. The molecule has 0 bridgehead atoms. The van der Waals surface area contributed by atoms with Gasteiger partial charge in [-0.1, -0.05) is 53.7 Å². The average Bonchev–Trinajstić information content (AvgIpc) is 3.46. The first-order chi connectivity index (χ1) is 14.0. The van der Waals surface area contributed by atoms with Crippen LogP contribution in [0.4, 0.5) is 5.69 Å². The van der Waals surface area contributed by atoms with E-state index in [2.05, 4.69) is 15.6 Å². The summed E-state index contributed by atoms with van der Waals surface area (Å²) in [6.45, 7) is 0. The number of amidine groups is 1. The number of halogens is 1. The highest BCUT2D eigenvalue weighted by atomic mass is 35.5. The van der Waals surface area contributed by atoms with Crippen molar-refractivity contribution in [1.82, 2.24) is 5.32 Å². The molecular formula is C21H18ClN3O3S. The van der Waals surface area contributed by atoms with Crippen molar-refractivity contribution in [2.24, 2.45) is 4.99 Å². The molecular weight excluding hydrogens is 410 g/mol. The normalized spacial score (nSPS) is 19.8. The molecule has 1 heterocycles. The number of anilines is 1. The fraction of sp³-hybridized carbons (Fsp3) is 0.238. The monoisotopic (exact) mass is 427 g/mol. The second kappa shape index (κ2) is 8.39. The summed E-state index contributed by atoms with van der Waals surface area (Å²) in [5.74, 6) is -0.814. The number of nitrogens with one attached hydrogen (secondary N) is 2. The number of amides is 2. The van der Waals surface area contributed by atoms with Crippen molar-refractivity contribution in [2.75, 3.05) is 5.32 Å². The predicted octanol–water partition coefficient (Wildman–Crippen LogP) is 3.65. The van der Waals surface area contributed by atoms with E-state index in [1.807, 2.05) is 6.07 Å². The smallest absolute Gasteiger partial charge is 0.240 e. The topological polar surface area (TPSA) is 87.6 Å². The van der Waals surface area contributed by atoms with Crippen LogP contribution in [0, 0.1) is 0 Å². The second-order valence-electron chi connectivity index (χ2n) is 6.90. The summed E-state index contributed by atoms with van der Waals surface area (Å²) in [5.41, 5.74) is 1.16. The van der Waals surface area contributed by atoms with Crippen LogP contribution in [0.5, 0.6) is 0 Å². The first-order valence-corrected chi connectivity index (χ1v) is 10.5. The number of carbonyl (C=O) groups is 3. The van der Waals surface area contributed by atoms with Crippen LogP contribution in [0.1, 0.15) is 35.2 Å². The Kier molecular flexibility index (Phi) is 5.69. The molecule has 2 N–H and O–H groups in total. The van der Waals surface area contributed by atoms with E-state index < -0.39 is 5.25 Å². The quantitative estimate of drug-likeness (QED) is 0.689. The number of aliphatic imine (C=N–C) groups is 1. The van der Waals surface area contributed by atoms with Crippen molar-refractivity contribution in [1.29, 1.82) is 0 Å². The highest BCUT2D eigenvalue weighted by Crippen LogP contribution is 2.29. The Bertz CT molecular complexity index is 1010. The van der Waals surface area contributed by atoms with Gasteiger partial charge in [0.25, 0.3) is 0 Å². The molecule has 6 nitrogen and oxygen atoms in total. The molecule has 29 heavy (non-hydrogen) atoms. The Morgan fingerprint density at radius 1 is 1.17 bits per heavy atom. The standard InChI is InChI=1S/C21H18ClN3O3S/c22-13-6-9-16(15(10-13)19(27)12-4-2-1-3-5-12)24-18(26)11-17-20(28)25-21(29-17)23-14-7-8-14/h1-6,9-10,14,17H,7-8,11H2,(H,24,26)(H,23,25,28)/t17-/m1/s1. The summed E-state index contributed by atoms with van der Waals surface area (Å²) in [4.78, 5) is 41.9. The van der Waals surface area contributed by atoms with E-state index in [1.165, 1.54) is 17.8 Å². The number of ketones is 1. The van der Waals surface area contributed by atoms with Gasteiger partial charge in [0, 0.05) is 22.6 Å². The van der Waals surface area contributed by atoms with Crippen LogP contribution in [-0.2, 0) is 9.59 Å². The molecule has 2 aromatic carbocycles. The molecule has 0 spiro atoms. The number of thioether (sulfide) groups is 1. The van der Waals surface area contributed by atoms with Gasteiger partial charge in [-0.3, -0.25) is 19.4 Å². The van der Waals surface area contributed by atoms with Gasteiger partial charge in [0.2, 0.25) is 11.8 Å². The van der Waals surface area contributed by atoms with E-state index >= 15 is 0 Å². The molecule has 0 unspecified atom stereocenters. The van der Waals surface area contributed by atoms with Crippen LogP contribution in [0.15, 0.2) is 53.5 Å². The van der Waals surface area contributed by atoms with E-state index in [0.717, 1.165) is 12.8 Å². The van der Waals surface area contributed by atoms with E-state index in [1.54, 1.807) is 36.4 Å². The maximum atomic E-state index is 12.9. The van der Waals surface area contributed by atoms with Gasteiger partial charge >= 0.3 is 0 Å². The molecule has 1 saturated carbocycles. The number of hydrogen-bond donors (Lipinski definition) is 2. The van der Waals surface area contributed by atoms with Gasteiger partial charge in [-0.05, 0) is 31.0 Å². The molecule has 1 aliphatic heterocycles. The molecule has 0 radical (unpaired) electrons. The first-order valence-electron chi connectivity index (χ1n) is 9.24. The fourth-order valence-electron chi connectivity index (χ4n) is 2.90. The van der Waals surface area contributed by atoms with Crippen molar-refractivity contribution < 1.29 is 14.4 Å². The molecule has 4 rings (SSSR count). The highest BCUT2D eigenvalue weighted by Gasteiger charge is 2.34. The lowest BCUT2D eigenvalue weighted by molar-refractivity contribution is -0.122. The van der Waals surface area contributed by atoms with E-state index in [-0.39, 0.29) is 24.0 Å². The lowest BCUT2D eigenvalue weighted by Crippen LogP contribution is -2.28. The summed E-state index contributed by atoms with van der Waals surface area (Å²) < 4.78 is 0. The summed E-state index contributed by atoms with van der Waals surface area (Å²) in [6.07, 6.45) is 2.07. The molecule has 8 heteroatoms. The van der Waals surface area contributed by atoms with Crippen LogP contribution in [0.3, 0.4) is 0 Å². The fourth-order valence-corrected chi connectivity index (χ4v) is 4.11. The van der Waals surface area contributed by atoms with Gasteiger partial charge in [-0.2, -0.15) is 0 Å². The third-order valence-corrected chi connectivity index (χ3v) is 5.86. The highest BCUT2D eigenvalue weighted by molar-refractivity contribution is 8.15. The summed E-state index contributed by atoms with van der Waals surface area (Å²) in [6, 6.07) is 13.8. The van der Waals surface area contributed by atoms with Gasteiger partial charge in [0.1, 0.15) is 5.25 Å². The maximum absolute atomic E-state index is 12.9. The Morgan fingerprint density at radius 3 is 2.66 bits per heavy atom. The number of carbonyl (C=O) groups excluding carboxylic acids is 3. The number of benzene rings is 2. The van der Waals surface area contributed by atoms with E-state index in [9.17, 15) is 14.4 Å². The van der Waals surface area contributed by atoms with Crippen LogP contribution >= 0.6 is 23.4 Å².